The number of hydrogen-bond donors (Lipinski definition) is 2. The molecule has 1 aromatic carbocycles. The zero-order valence-electron chi connectivity index (χ0n) is 18.6. The lowest BCUT2D eigenvalue weighted by Gasteiger charge is -2.37. The van der Waals surface area contributed by atoms with Crippen molar-refractivity contribution in [2.24, 2.45) is 0 Å². The molecule has 2 aliphatic rings. The fourth-order valence-corrected chi connectivity index (χ4v) is 4.21. The molecule has 180 valence electrons. The van der Waals surface area contributed by atoms with Crippen LogP contribution in [0.15, 0.2) is 42.6 Å². The number of alkyl halides is 4. The summed E-state index contributed by atoms with van der Waals surface area (Å²) in [5.41, 5.74) is 0.367. The van der Waals surface area contributed by atoms with Gasteiger partial charge in [0.2, 0.25) is 0 Å². The fourth-order valence-electron chi connectivity index (χ4n) is 4.21. The Balaban J connectivity index is 0.00000149. The Morgan fingerprint density at radius 3 is 2.27 bits per heavy atom. The molecule has 4 rings (SSSR count). The molecule has 3 unspecified atom stereocenters. The topological polar surface area (TPSA) is 74.7 Å². The van der Waals surface area contributed by atoms with Crippen LogP contribution < -0.4 is 5.32 Å². The van der Waals surface area contributed by atoms with Gasteiger partial charge in [-0.25, -0.2) is 4.39 Å². The van der Waals surface area contributed by atoms with Crippen molar-refractivity contribution < 1.29 is 32.2 Å². The van der Waals surface area contributed by atoms with Gasteiger partial charge in [-0.2, -0.15) is 8.78 Å². The monoisotopic (exact) mass is 469 g/mol. The third-order valence-electron chi connectivity index (χ3n) is 5.92. The molecule has 6 nitrogen and oxygen atoms in total. The molecular formula is C23H27F4N3O3. The summed E-state index contributed by atoms with van der Waals surface area (Å²) in [5, 5.41) is 13.2. The van der Waals surface area contributed by atoms with Gasteiger partial charge in [-0.05, 0) is 31.0 Å². The number of pyridine rings is 1. The van der Waals surface area contributed by atoms with E-state index < -0.39 is 42.6 Å². The van der Waals surface area contributed by atoms with Crippen LogP contribution in [0.25, 0.3) is 11.1 Å². The van der Waals surface area contributed by atoms with Crippen LogP contribution in [0.1, 0.15) is 37.6 Å². The molecule has 3 heterocycles. The number of hydrogen-bond acceptors (Lipinski definition) is 5. The first-order valence-corrected chi connectivity index (χ1v) is 10.4. The minimum Gasteiger partial charge on any atom is -0.370 e. The summed E-state index contributed by atoms with van der Waals surface area (Å²) in [6.07, 6.45) is -1.84. The Hall–Kier alpha value is -2.56. The Morgan fingerprint density at radius 1 is 1.21 bits per heavy atom. The number of nitrogens with zero attached hydrogens (tertiary/aromatic N) is 2. The maximum absolute atomic E-state index is 13.8. The predicted molar refractivity (Wildman–Crippen MR) is 114 cm³/mol. The number of nitrogens with one attached hydrogen (secondary N) is 1. The second-order valence-corrected chi connectivity index (χ2v) is 8.31. The average Bonchev–Trinajstić information content (AvgIpc) is 3.08. The van der Waals surface area contributed by atoms with E-state index in [4.69, 9.17) is 4.74 Å². The quantitative estimate of drug-likeness (QED) is 0.654. The van der Waals surface area contributed by atoms with Crippen LogP contribution in [0, 0.1) is 0 Å². The SMILES string of the molecule is CC1(C)OC(c2ccc(-c3ccc(C4(O)CCN4)nc3)cc2)C(CF)N1C(=O)C(F)F.CF. The second-order valence-electron chi connectivity index (χ2n) is 8.31. The molecular weight excluding hydrogens is 442 g/mol. The Bertz CT molecular complexity index is 950. The number of halogens is 4. The average molecular weight is 469 g/mol. The second kappa shape index (κ2) is 9.74. The highest BCUT2D eigenvalue weighted by molar-refractivity contribution is 5.80. The standard InChI is InChI=1S/C22H24F3N3O3.CH3F/c1-21(2)28(20(29)19(24)25)16(11-23)18(31-21)14-5-3-13(4-6-14)15-7-8-17(26-12-15)22(30)9-10-27-22;1-2/h3-8,12,16,18-19,27,30H,9-11H2,1-2H3;1H3. The van der Waals surface area contributed by atoms with Crippen LogP contribution in [-0.4, -0.2) is 59.5 Å². The van der Waals surface area contributed by atoms with Gasteiger partial charge in [-0.1, -0.05) is 30.3 Å². The molecule has 0 radical (unpaired) electrons. The number of ether oxygens (including phenoxy) is 1. The first-order chi connectivity index (χ1) is 15.7. The lowest BCUT2D eigenvalue weighted by Crippen LogP contribution is -2.54. The lowest BCUT2D eigenvalue weighted by atomic mass is 9.96. The predicted octanol–water partition coefficient (Wildman–Crippen LogP) is 3.71. The summed E-state index contributed by atoms with van der Waals surface area (Å²) in [4.78, 5) is 17.1. The first kappa shape index (κ1) is 25.1. The van der Waals surface area contributed by atoms with Gasteiger partial charge in [-0.15, -0.1) is 0 Å². The van der Waals surface area contributed by atoms with Crippen molar-refractivity contribution >= 4 is 5.91 Å². The van der Waals surface area contributed by atoms with Gasteiger partial charge in [0.05, 0.1) is 18.9 Å². The smallest absolute Gasteiger partial charge is 0.315 e. The molecule has 2 aromatic rings. The number of carbonyl (C=O) groups excluding carboxylic acids is 1. The van der Waals surface area contributed by atoms with Crippen molar-refractivity contribution in [3.63, 3.8) is 0 Å². The fraction of sp³-hybridized carbons (Fsp3) is 0.478. The Kier molecular flexibility index (Phi) is 7.40. The summed E-state index contributed by atoms with van der Waals surface area (Å²) >= 11 is 0. The normalized spacial score (nSPS) is 25.9. The number of rotatable bonds is 5. The first-order valence-electron chi connectivity index (χ1n) is 10.4. The molecule has 2 N–H and O–H groups in total. The minimum absolute atomic E-state index is 0.500. The van der Waals surface area contributed by atoms with Crippen LogP contribution in [0.5, 0.6) is 0 Å². The largest absolute Gasteiger partial charge is 0.370 e. The molecule has 0 bridgehead atoms. The number of carbonyl (C=O) groups is 1. The van der Waals surface area contributed by atoms with Gasteiger partial charge in [-0.3, -0.25) is 19.5 Å². The maximum atomic E-state index is 13.8. The number of aliphatic hydroxyl groups is 1. The van der Waals surface area contributed by atoms with Crippen LogP contribution in [0.4, 0.5) is 17.6 Å². The van der Waals surface area contributed by atoms with E-state index in [2.05, 4.69) is 10.3 Å². The summed E-state index contributed by atoms with van der Waals surface area (Å²) < 4.78 is 55.2. The molecule has 2 aliphatic heterocycles. The molecule has 10 heteroatoms. The summed E-state index contributed by atoms with van der Waals surface area (Å²) in [6, 6.07) is 9.51. The molecule has 1 amide bonds. The van der Waals surface area contributed by atoms with Crippen molar-refractivity contribution in [3.05, 3.63) is 53.9 Å². The van der Waals surface area contributed by atoms with E-state index in [0.29, 0.717) is 24.9 Å². The van der Waals surface area contributed by atoms with Crippen molar-refractivity contribution in [3.8, 4) is 11.1 Å². The van der Waals surface area contributed by atoms with Crippen molar-refractivity contribution in [2.45, 2.75) is 50.3 Å². The van der Waals surface area contributed by atoms with E-state index in [1.54, 1.807) is 36.5 Å². The summed E-state index contributed by atoms with van der Waals surface area (Å²) in [5.74, 6) is -1.44. The van der Waals surface area contributed by atoms with E-state index in [9.17, 15) is 27.5 Å². The van der Waals surface area contributed by atoms with Gasteiger partial charge in [0.25, 0.3) is 5.91 Å². The molecule has 0 spiro atoms. The molecule has 0 aliphatic carbocycles. The van der Waals surface area contributed by atoms with Crippen LogP contribution >= 0.6 is 0 Å². The highest BCUT2D eigenvalue weighted by Gasteiger charge is 2.52. The highest BCUT2D eigenvalue weighted by atomic mass is 19.3. The van der Waals surface area contributed by atoms with Gasteiger partial charge >= 0.3 is 6.43 Å². The van der Waals surface area contributed by atoms with Gasteiger partial charge < -0.3 is 14.7 Å². The molecule has 33 heavy (non-hydrogen) atoms. The Morgan fingerprint density at radius 2 is 1.82 bits per heavy atom. The zero-order chi connectivity index (χ0) is 24.4. The molecule has 2 fully saturated rings. The number of amides is 1. The summed E-state index contributed by atoms with van der Waals surface area (Å²) in [7, 11) is 0.500. The number of benzene rings is 1. The van der Waals surface area contributed by atoms with E-state index in [0.717, 1.165) is 22.6 Å². The van der Waals surface area contributed by atoms with Crippen molar-refractivity contribution in [2.75, 3.05) is 20.4 Å². The third kappa shape index (κ3) is 4.73. The zero-order valence-corrected chi connectivity index (χ0v) is 18.6. The van der Waals surface area contributed by atoms with Crippen LogP contribution in [-0.2, 0) is 15.3 Å². The molecule has 1 aromatic heterocycles. The van der Waals surface area contributed by atoms with Crippen LogP contribution in [0.2, 0.25) is 0 Å². The highest BCUT2D eigenvalue weighted by Crippen LogP contribution is 2.42. The summed E-state index contributed by atoms with van der Waals surface area (Å²) in [6.45, 7) is 2.68. The van der Waals surface area contributed by atoms with Crippen molar-refractivity contribution in [1.82, 2.24) is 15.2 Å². The Labute approximate surface area is 189 Å². The lowest BCUT2D eigenvalue weighted by molar-refractivity contribution is -0.159. The van der Waals surface area contributed by atoms with E-state index >= 15 is 0 Å². The minimum atomic E-state index is -3.23. The van der Waals surface area contributed by atoms with E-state index in [-0.39, 0.29) is 0 Å². The molecule has 0 saturated carbocycles. The number of aromatic nitrogens is 1. The molecule has 3 atom stereocenters. The van der Waals surface area contributed by atoms with Gasteiger partial charge in [0, 0.05) is 24.7 Å². The third-order valence-corrected chi connectivity index (χ3v) is 5.92. The van der Waals surface area contributed by atoms with Crippen molar-refractivity contribution in [1.29, 1.82) is 0 Å². The van der Waals surface area contributed by atoms with E-state index in [1.807, 2.05) is 6.07 Å². The maximum Gasteiger partial charge on any atom is 0.315 e. The van der Waals surface area contributed by atoms with Crippen LogP contribution in [0.3, 0.4) is 0 Å². The van der Waals surface area contributed by atoms with Gasteiger partial charge in [0.1, 0.15) is 18.5 Å². The molecule has 2 saturated heterocycles. The van der Waals surface area contributed by atoms with Gasteiger partial charge in [0.15, 0.2) is 5.72 Å². The van der Waals surface area contributed by atoms with E-state index in [1.165, 1.54) is 13.8 Å².